The summed E-state index contributed by atoms with van der Waals surface area (Å²) in [6, 6.07) is 16.7. The molecule has 3 rings (SSSR count). The number of amides is 1. The molecule has 3 aromatic carbocycles. The number of benzene rings is 3. The topological polar surface area (TPSA) is 75.3 Å². The number of nitrogens with one attached hydrogen (secondary N) is 2. The van der Waals surface area contributed by atoms with Gasteiger partial charge in [-0.2, -0.15) is 4.72 Å². The lowest BCUT2D eigenvalue weighted by Crippen LogP contribution is -2.45. The molecule has 0 saturated carbocycles. The van der Waals surface area contributed by atoms with Crippen molar-refractivity contribution in [3.63, 3.8) is 0 Å². The smallest absolute Gasteiger partial charge is 0.242 e. The Labute approximate surface area is 183 Å². The Bertz CT molecular complexity index is 1140. The van der Waals surface area contributed by atoms with E-state index in [0.29, 0.717) is 10.7 Å². The zero-order valence-electron chi connectivity index (χ0n) is 15.5. The van der Waals surface area contributed by atoms with Crippen LogP contribution in [0.3, 0.4) is 0 Å². The van der Waals surface area contributed by atoms with Gasteiger partial charge in [0.15, 0.2) is 0 Å². The first kappa shape index (κ1) is 22.2. The maximum Gasteiger partial charge on any atom is 0.242 e. The third-order valence-electron chi connectivity index (χ3n) is 4.21. The zero-order valence-corrected chi connectivity index (χ0v) is 17.8. The average molecular weight is 467 g/mol. The molecule has 0 heterocycles. The molecule has 0 saturated heterocycles. The molecule has 0 radical (unpaired) electrons. The van der Waals surface area contributed by atoms with Gasteiger partial charge in [-0.3, -0.25) is 4.79 Å². The van der Waals surface area contributed by atoms with Gasteiger partial charge < -0.3 is 5.32 Å². The van der Waals surface area contributed by atoms with Crippen molar-refractivity contribution in [1.29, 1.82) is 0 Å². The molecule has 0 fully saturated rings. The number of anilines is 1. The molecule has 3 aromatic rings. The molecule has 30 heavy (non-hydrogen) atoms. The maximum atomic E-state index is 13.2. The summed E-state index contributed by atoms with van der Waals surface area (Å²) in [4.78, 5) is 12.8. The van der Waals surface area contributed by atoms with Crippen molar-refractivity contribution in [3.8, 4) is 0 Å². The third-order valence-corrected chi connectivity index (χ3v) is 6.24. The molecule has 0 aliphatic carbocycles. The van der Waals surface area contributed by atoms with Crippen LogP contribution in [0.2, 0.25) is 10.0 Å². The number of sulfonamides is 1. The number of carbonyl (C=O) groups excluding carboxylic acids is 1. The fourth-order valence-corrected chi connectivity index (χ4v) is 4.37. The van der Waals surface area contributed by atoms with Crippen molar-refractivity contribution in [3.05, 3.63) is 94.2 Å². The fourth-order valence-electron chi connectivity index (χ4n) is 2.72. The highest BCUT2D eigenvalue weighted by Crippen LogP contribution is 2.25. The highest BCUT2D eigenvalue weighted by Gasteiger charge is 2.26. The van der Waals surface area contributed by atoms with Crippen LogP contribution in [-0.2, 0) is 21.2 Å². The van der Waals surface area contributed by atoms with Crippen LogP contribution in [-0.4, -0.2) is 20.4 Å². The second-order valence-electron chi connectivity index (χ2n) is 6.43. The summed E-state index contributed by atoms with van der Waals surface area (Å²) >= 11 is 12.0. The molecule has 0 spiro atoms. The standard InChI is InChI=1S/C21H17Cl2FN2O3S/c22-15-6-11-19(18(23)13-15)25-21(27)20(12-14-4-2-1-3-5-14)26-30(28,29)17-9-7-16(24)8-10-17/h1-11,13,20,26H,12H2,(H,25,27)/t20-/m1/s1. The molecule has 0 unspecified atom stereocenters. The lowest BCUT2D eigenvalue weighted by molar-refractivity contribution is -0.117. The Morgan fingerprint density at radius 1 is 0.967 bits per heavy atom. The first-order valence-corrected chi connectivity index (χ1v) is 11.1. The first-order valence-electron chi connectivity index (χ1n) is 8.82. The Kier molecular flexibility index (Phi) is 7.10. The quantitative estimate of drug-likeness (QED) is 0.531. The van der Waals surface area contributed by atoms with Crippen LogP contribution in [0.1, 0.15) is 5.56 Å². The van der Waals surface area contributed by atoms with Gasteiger partial charge >= 0.3 is 0 Å². The lowest BCUT2D eigenvalue weighted by Gasteiger charge is -2.19. The minimum absolute atomic E-state index is 0.0955. The van der Waals surface area contributed by atoms with E-state index in [0.717, 1.165) is 29.8 Å². The predicted octanol–water partition coefficient (Wildman–Crippen LogP) is 4.66. The minimum atomic E-state index is -4.08. The molecule has 0 aliphatic heterocycles. The molecular weight excluding hydrogens is 450 g/mol. The summed E-state index contributed by atoms with van der Waals surface area (Å²) in [5, 5.41) is 3.24. The second-order valence-corrected chi connectivity index (χ2v) is 8.99. The molecule has 5 nitrogen and oxygen atoms in total. The van der Waals surface area contributed by atoms with Crippen molar-refractivity contribution < 1.29 is 17.6 Å². The summed E-state index contributed by atoms with van der Waals surface area (Å²) in [7, 11) is -4.08. The summed E-state index contributed by atoms with van der Waals surface area (Å²) in [5.74, 6) is -1.17. The molecule has 0 aromatic heterocycles. The van der Waals surface area contributed by atoms with Crippen LogP contribution in [0.25, 0.3) is 0 Å². The van der Waals surface area contributed by atoms with Gasteiger partial charge in [-0.15, -0.1) is 0 Å². The number of carbonyl (C=O) groups is 1. The second kappa shape index (κ2) is 9.57. The van der Waals surface area contributed by atoms with Gasteiger partial charge in [0.1, 0.15) is 11.9 Å². The summed E-state index contributed by atoms with van der Waals surface area (Å²) in [6.07, 6.45) is 0.0955. The minimum Gasteiger partial charge on any atom is -0.323 e. The third kappa shape index (κ3) is 5.79. The van der Waals surface area contributed by atoms with Crippen LogP contribution < -0.4 is 10.0 Å². The van der Waals surface area contributed by atoms with Crippen LogP contribution in [0.15, 0.2) is 77.7 Å². The van der Waals surface area contributed by atoms with E-state index < -0.39 is 27.8 Å². The summed E-state index contributed by atoms with van der Waals surface area (Å²) in [6.45, 7) is 0. The van der Waals surface area contributed by atoms with Crippen LogP contribution in [0.5, 0.6) is 0 Å². The Balaban J connectivity index is 1.87. The monoisotopic (exact) mass is 466 g/mol. The number of rotatable bonds is 7. The molecule has 0 bridgehead atoms. The average Bonchev–Trinajstić information content (AvgIpc) is 2.70. The molecule has 156 valence electrons. The van der Waals surface area contributed by atoms with E-state index in [9.17, 15) is 17.6 Å². The summed E-state index contributed by atoms with van der Waals surface area (Å²) in [5.41, 5.74) is 1.05. The Morgan fingerprint density at radius 3 is 2.27 bits per heavy atom. The largest absolute Gasteiger partial charge is 0.323 e. The summed E-state index contributed by atoms with van der Waals surface area (Å²) < 4.78 is 41.1. The highest BCUT2D eigenvalue weighted by atomic mass is 35.5. The van der Waals surface area contributed by atoms with Crippen molar-refractivity contribution in [1.82, 2.24) is 4.72 Å². The number of hydrogen-bond donors (Lipinski definition) is 2. The maximum absolute atomic E-state index is 13.2. The molecule has 9 heteroatoms. The van der Waals surface area contributed by atoms with Crippen molar-refractivity contribution in [2.24, 2.45) is 0 Å². The normalized spacial score (nSPS) is 12.4. The van der Waals surface area contributed by atoms with Crippen molar-refractivity contribution in [2.45, 2.75) is 17.4 Å². The highest BCUT2D eigenvalue weighted by molar-refractivity contribution is 7.89. The van der Waals surface area contributed by atoms with E-state index >= 15 is 0 Å². The van der Waals surface area contributed by atoms with Crippen LogP contribution >= 0.6 is 23.2 Å². The van der Waals surface area contributed by atoms with E-state index in [4.69, 9.17) is 23.2 Å². The Hall–Kier alpha value is -2.45. The number of hydrogen-bond acceptors (Lipinski definition) is 3. The van der Waals surface area contributed by atoms with Crippen molar-refractivity contribution in [2.75, 3.05) is 5.32 Å². The number of halogens is 3. The zero-order chi connectivity index (χ0) is 21.7. The predicted molar refractivity (Wildman–Crippen MR) is 116 cm³/mol. The van der Waals surface area contributed by atoms with E-state index in [-0.39, 0.29) is 16.3 Å². The van der Waals surface area contributed by atoms with Gasteiger partial charge in [0.2, 0.25) is 15.9 Å². The molecule has 1 amide bonds. The van der Waals surface area contributed by atoms with Crippen LogP contribution in [0, 0.1) is 5.82 Å². The van der Waals surface area contributed by atoms with Gasteiger partial charge in [-0.25, -0.2) is 12.8 Å². The van der Waals surface area contributed by atoms with Crippen molar-refractivity contribution >= 4 is 44.8 Å². The van der Waals surface area contributed by atoms with E-state index in [1.54, 1.807) is 30.3 Å². The van der Waals surface area contributed by atoms with E-state index in [1.165, 1.54) is 12.1 Å². The van der Waals surface area contributed by atoms with Gasteiger partial charge in [0.25, 0.3) is 0 Å². The lowest BCUT2D eigenvalue weighted by atomic mass is 10.1. The first-order chi connectivity index (χ1) is 14.2. The van der Waals surface area contributed by atoms with Gasteiger partial charge in [-0.1, -0.05) is 53.5 Å². The Morgan fingerprint density at radius 2 is 1.63 bits per heavy atom. The van der Waals surface area contributed by atoms with Crippen LogP contribution in [0.4, 0.5) is 10.1 Å². The molecule has 2 N–H and O–H groups in total. The SMILES string of the molecule is O=C(Nc1ccc(Cl)cc1Cl)[C@@H](Cc1ccccc1)NS(=O)(=O)c1ccc(F)cc1. The van der Waals surface area contributed by atoms with Gasteiger partial charge in [0.05, 0.1) is 15.6 Å². The van der Waals surface area contributed by atoms with E-state index in [2.05, 4.69) is 10.0 Å². The van der Waals surface area contributed by atoms with Gasteiger partial charge in [-0.05, 0) is 54.4 Å². The molecule has 0 aliphatic rings. The molecule has 1 atom stereocenters. The van der Waals surface area contributed by atoms with Gasteiger partial charge in [0, 0.05) is 5.02 Å². The van der Waals surface area contributed by atoms with E-state index in [1.807, 2.05) is 6.07 Å². The fraction of sp³-hybridized carbons (Fsp3) is 0.0952. The molecular formula is C21H17Cl2FN2O3S.